The molecule has 3 aromatic heterocycles. The van der Waals surface area contributed by atoms with E-state index in [-0.39, 0.29) is 6.04 Å². The minimum absolute atomic E-state index is 0.259. The molecule has 2 N–H and O–H groups in total. The molecule has 1 saturated heterocycles. The van der Waals surface area contributed by atoms with Crippen LogP contribution in [-0.4, -0.2) is 50.9 Å². The van der Waals surface area contributed by atoms with Crippen LogP contribution in [0.3, 0.4) is 0 Å². The molecule has 1 aliphatic rings. The molecule has 1 fully saturated rings. The van der Waals surface area contributed by atoms with E-state index in [4.69, 9.17) is 4.74 Å². The highest BCUT2D eigenvalue weighted by Gasteiger charge is 2.27. The minimum atomic E-state index is -0.544. The molecule has 4 heterocycles. The van der Waals surface area contributed by atoms with Gasteiger partial charge in [0.2, 0.25) is 0 Å². The van der Waals surface area contributed by atoms with Crippen LogP contribution in [0, 0.1) is 0 Å². The predicted octanol–water partition coefficient (Wildman–Crippen LogP) is 0.388. The molecule has 0 amide bonds. The van der Waals surface area contributed by atoms with Crippen LogP contribution >= 0.6 is 0 Å². The average molecular weight is 342 g/mol. The van der Waals surface area contributed by atoms with E-state index in [2.05, 4.69) is 25.0 Å². The van der Waals surface area contributed by atoms with Crippen molar-refractivity contribution in [3.05, 3.63) is 45.5 Å². The average Bonchev–Trinajstić information content (AvgIpc) is 3.23. The molecule has 4 rings (SSSR count). The Balaban J connectivity index is 1.88. The van der Waals surface area contributed by atoms with Gasteiger partial charge >= 0.3 is 5.69 Å². The first kappa shape index (κ1) is 15.6. The SMILES string of the molecule is COC[C@@H]1CCCN1c1cc(-c2c[nH]c(=O)[nH]c2=O)nn2ccnc12. The van der Waals surface area contributed by atoms with Crippen LogP contribution in [0.1, 0.15) is 12.8 Å². The lowest BCUT2D eigenvalue weighted by Crippen LogP contribution is -2.33. The molecule has 9 heteroatoms. The molecule has 1 atom stereocenters. The molecule has 0 unspecified atom stereocenters. The molecule has 0 bridgehead atoms. The molecule has 0 saturated carbocycles. The summed E-state index contributed by atoms with van der Waals surface area (Å²) in [5.41, 5.74) is 1.39. The number of methoxy groups -OCH3 is 1. The van der Waals surface area contributed by atoms with Crippen molar-refractivity contribution in [3.8, 4) is 11.3 Å². The van der Waals surface area contributed by atoms with Gasteiger partial charge in [-0.2, -0.15) is 5.10 Å². The Morgan fingerprint density at radius 1 is 1.40 bits per heavy atom. The van der Waals surface area contributed by atoms with Crippen LogP contribution in [0.2, 0.25) is 0 Å². The fourth-order valence-corrected chi connectivity index (χ4v) is 3.36. The van der Waals surface area contributed by atoms with Crippen molar-refractivity contribution in [3.63, 3.8) is 0 Å². The molecule has 0 aromatic carbocycles. The summed E-state index contributed by atoms with van der Waals surface area (Å²) in [6.07, 6.45) is 6.90. The molecule has 25 heavy (non-hydrogen) atoms. The van der Waals surface area contributed by atoms with Gasteiger partial charge in [0.25, 0.3) is 5.56 Å². The Labute approximate surface area is 142 Å². The molecule has 0 aliphatic carbocycles. The standard InChI is InChI=1S/C16H18N6O3/c1-25-9-10-3-2-5-21(10)13-7-12(20-22-6-4-17-14(13)22)11-8-18-16(24)19-15(11)23/h4,6-8,10H,2-3,5,9H2,1H3,(H2,18,19,23,24)/t10-/m0/s1. The first-order valence-corrected chi connectivity index (χ1v) is 8.09. The maximum Gasteiger partial charge on any atom is 0.325 e. The molecule has 0 radical (unpaired) electrons. The highest BCUT2D eigenvalue weighted by Crippen LogP contribution is 2.30. The minimum Gasteiger partial charge on any atom is -0.383 e. The maximum absolute atomic E-state index is 12.1. The number of aromatic amines is 2. The van der Waals surface area contributed by atoms with Gasteiger partial charge in [-0.3, -0.25) is 9.78 Å². The second-order valence-electron chi connectivity index (χ2n) is 6.04. The number of hydrogen-bond acceptors (Lipinski definition) is 6. The van der Waals surface area contributed by atoms with Crippen LogP contribution in [-0.2, 0) is 4.74 Å². The maximum atomic E-state index is 12.1. The molecule has 1 aliphatic heterocycles. The van der Waals surface area contributed by atoms with Crippen molar-refractivity contribution < 1.29 is 4.74 Å². The zero-order chi connectivity index (χ0) is 17.4. The summed E-state index contributed by atoms with van der Waals surface area (Å²) >= 11 is 0. The third-order valence-electron chi connectivity index (χ3n) is 4.48. The normalized spacial score (nSPS) is 17.5. The van der Waals surface area contributed by atoms with Crippen molar-refractivity contribution in [2.45, 2.75) is 18.9 Å². The Morgan fingerprint density at radius 3 is 3.08 bits per heavy atom. The Kier molecular flexibility index (Phi) is 3.85. The number of hydrogen-bond donors (Lipinski definition) is 2. The van der Waals surface area contributed by atoms with Gasteiger partial charge in [0.1, 0.15) is 5.69 Å². The van der Waals surface area contributed by atoms with Crippen molar-refractivity contribution in [2.75, 3.05) is 25.2 Å². The summed E-state index contributed by atoms with van der Waals surface area (Å²) in [6, 6.07) is 2.11. The van der Waals surface area contributed by atoms with Crippen molar-refractivity contribution in [1.82, 2.24) is 24.6 Å². The van der Waals surface area contributed by atoms with Crippen LogP contribution in [0.5, 0.6) is 0 Å². The number of ether oxygens (including phenoxy) is 1. The van der Waals surface area contributed by atoms with Gasteiger partial charge < -0.3 is 14.6 Å². The number of aromatic nitrogens is 5. The number of H-pyrrole nitrogens is 2. The monoisotopic (exact) mass is 342 g/mol. The Morgan fingerprint density at radius 2 is 2.28 bits per heavy atom. The highest BCUT2D eigenvalue weighted by molar-refractivity contribution is 5.74. The number of anilines is 1. The van der Waals surface area contributed by atoms with Crippen LogP contribution < -0.4 is 16.1 Å². The van der Waals surface area contributed by atoms with Gasteiger partial charge in [-0.15, -0.1) is 0 Å². The van der Waals surface area contributed by atoms with Gasteiger partial charge in [-0.25, -0.2) is 14.3 Å². The van der Waals surface area contributed by atoms with E-state index < -0.39 is 11.2 Å². The predicted molar refractivity (Wildman–Crippen MR) is 91.9 cm³/mol. The fourth-order valence-electron chi connectivity index (χ4n) is 3.36. The zero-order valence-electron chi connectivity index (χ0n) is 13.7. The van der Waals surface area contributed by atoms with E-state index in [1.54, 1.807) is 24.0 Å². The summed E-state index contributed by atoms with van der Waals surface area (Å²) < 4.78 is 6.99. The van der Waals surface area contributed by atoms with Gasteiger partial charge in [-0.1, -0.05) is 0 Å². The first-order chi connectivity index (χ1) is 12.2. The number of rotatable bonds is 4. The fraction of sp³-hybridized carbons (Fsp3) is 0.375. The Hall–Kier alpha value is -2.94. The van der Waals surface area contributed by atoms with E-state index in [0.29, 0.717) is 17.9 Å². The quantitative estimate of drug-likeness (QED) is 0.710. The molecule has 3 aromatic rings. The lowest BCUT2D eigenvalue weighted by molar-refractivity contribution is 0.181. The molecule has 130 valence electrons. The molecular formula is C16H18N6O3. The first-order valence-electron chi connectivity index (χ1n) is 8.09. The second kappa shape index (κ2) is 6.17. The van der Waals surface area contributed by atoms with Crippen molar-refractivity contribution in [2.24, 2.45) is 0 Å². The summed E-state index contributed by atoms with van der Waals surface area (Å²) in [5, 5.41) is 4.45. The lowest BCUT2D eigenvalue weighted by Gasteiger charge is -2.26. The number of imidazole rings is 1. The van der Waals surface area contributed by atoms with E-state index >= 15 is 0 Å². The summed E-state index contributed by atoms with van der Waals surface area (Å²) in [5.74, 6) is 0. The smallest absolute Gasteiger partial charge is 0.325 e. The van der Waals surface area contributed by atoms with Gasteiger partial charge in [-0.05, 0) is 18.9 Å². The second-order valence-corrected chi connectivity index (χ2v) is 6.04. The van der Waals surface area contributed by atoms with E-state index in [1.807, 2.05) is 6.07 Å². The van der Waals surface area contributed by atoms with Crippen molar-refractivity contribution >= 4 is 11.3 Å². The summed E-state index contributed by atoms with van der Waals surface area (Å²) in [7, 11) is 1.69. The lowest BCUT2D eigenvalue weighted by atomic mass is 10.2. The van der Waals surface area contributed by atoms with Crippen LogP contribution in [0.25, 0.3) is 16.9 Å². The van der Waals surface area contributed by atoms with Crippen molar-refractivity contribution in [1.29, 1.82) is 0 Å². The number of nitrogens with zero attached hydrogens (tertiary/aromatic N) is 4. The van der Waals surface area contributed by atoms with E-state index in [1.165, 1.54) is 6.20 Å². The number of fused-ring (bicyclic) bond motifs is 1. The topological polar surface area (TPSA) is 108 Å². The third kappa shape index (κ3) is 2.72. The Bertz CT molecular complexity index is 1020. The van der Waals surface area contributed by atoms with Gasteiger partial charge in [0, 0.05) is 32.2 Å². The van der Waals surface area contributed by atoms with Gasteiger partial charge in [0.05, 0.1) is 23.9 Å². The number of nitrogens with one attached hydrogen (secondary N) is 2. The van der Waals surface area contributed by atoms with Crippen LogP contribution in [0.15, 0.2) is 34.2 Å². The molecular weight excluding hydrogens is 324 g/mol. The summed E-state index contributed by atoms with van der Waals surface area (Å²) in [4.78, 5) is 34.8. The molecule has 9 nitrogen and oxygen atoms in total. The largest absolute Gasteiger partial charge is 0.383 e. The van der Waals surface area contributed by atoms with Crippen LogP contribution in [0.4, 0.5) is 5.69 Å². The van der Waals surface area contributed by atoms with Gasteiger partial charge in [0.15, 0.2) is 5.65 Å². The third-order valence-corrected chi connectivity index (χ3v) is 4.48. The zero-order valence-corrected chi connectivity index (χ0v) is 13.7. The van der Waals surface area contributed by atoms with E-state index in [9.17, 15) is 9.59 Å². The highest BCUT2D eigenvalue weighted by atomic mass is 16.5. The molecule has 0 spiro atoms. The summed E-state index contributed by atoms with van der Waals surface area (Å²) in [6.45, 7) is 1.52. The van der Waals surface area contributed by atoms with E-state index in [0.717, 1.165) is 30.7 Å².